The number of carboxylic acids is 1. The maximum absolute atomic E-state index is 11.6. The zero-order valence-electron chi connectivity index (χ0n) is 18.9. The maximum atomic E-state index is 11.6. The molecular formula is C27H40O3. The summed E-state index contributed by atoms with van der Waals surface area (Å²) < 4.78 is 0. The number of Topliss-reactive ketones (excluding diaryl/α,β-unsaturated/α-hetero) is 1. The lowest BCUT2D eigenvalue weighted by Gasteiger charge is -2.10. The molecule has 0 aromatic heterocycles. The van der Waals surface area contributed by atoms with Gasteiger partial charge in [-0.25, -0.2) is 0 Å². The molecule has 0 atom stereocenters. The summed E-state index contributed by atoms with van der Waals surface area (Å²) in [6, 6.07) is 9.06. The molecule has 2 saturated carbocycles. The summed E-state index contributed by atoms with van der Waals surface area (Å²) in [4.78, 5) is 22.8. The maximum Gasteiger partial charge on any atom is 0.309 e. The van der Waals surface area contributed by atoms with Crippen LogP contribution in [0.1, 0.15) is 108 Å². The first-order valence-corrected chi connectivity index (χ1v) is 12.3. The average molecular weight is 413 g/mol. The fourth-order valence-corrected chi connectivity index (χ4v) is 4.88. The van der Waals surface area contributed by atoms with E-state index in [9.17, 15) is 14.7 Å². The molecule has 166 valence electrons. The summed E-state index contributed by atoms with van der Waals surface area (Å²) in [6.45, 7) is 1.77. The van der Waals surface area contributed by atoms with E-state index in [0.717, 1.165) is 64.2 Å². The van der Waals surface area contributed by atoms with Crippen molar-refractivity contribution in [3.8, 4) is 0 Å². The van der Waals surface area contributed by atoms with Gasteiger partial charge < -0.3 is 5.11 Å². The van der Waals surface area contributed by atoms with Crippen LogP contribution in [0.4, 0.5) is 0 Å². The molecule has 2 aliphatic rings. The van der Waals surface area contributed by atoms with E-state index in [1.165, 1.54) is 49.7 Å². The van der Waals surface area contributed by atoms with Crippen LogP contribution in [-0.4, -0.2) is 16.9 Å². The van der Waals surface area contributed by atoms with Crippen molar-refractivity contribution in [1.82, 2.24) is 0 Å². The summed E-state index contributed by atoms with van der Waals surface area (Å²) in [5, 5.41) is 9.23. The Kier molecular flexibility index (Phi) is 8.13. The zero-order chi connectivity index (χ0) is 21.5. The predicted octanol–water partition coefficient (Wildman–Crippen LogP) is 6.91. The molecule has 0 heterocycles. The third-order valence-corrected chi connectivity index (χ3v) is 7.64. The van der Waals surface area contributed by atoms with Crippen LogP contribution in [0.25, 0.3) is 0 Å². The van der Waals surface area contributed by atoms with Crippen molar-refractivity contribution in [3.05, 3.63) is 35.4 Å². The quantitative estimate of drug-likeness (QED) is 0.300. The van der Waals surface area contributed by atoms with Crippen molar-refractivity contribution in [1.29, 1.82) is 0 Å². The first-order chi connectivity index (χ1) is 14.5. The molecule has 2 fully saturated rings. The minimum atomic E-state index is -0.581. The van der Waals surface area contributed by atoms with E-state index in [4.69, 9.17) is 0 Å². The minimum Gasteiger partial charge on any atom is -0.481 e. The van der Waals surface area contributed by atoms with Gasteiger partial charge in [0.1, 0.15) is 5.78 Å². The molecule has 0 bridgehead atoms. The van der Waals surface area contributed by atoms with Gasteiger partial charge in [-0.15, -0.1) is 0 Å². The molecule has 2 aliphatic carbocycles. The topological polar surface area (TPSA) is 54.4 Å². The van der Waals surface area contributed by atoms with Gasteiger partial charge in [-0.2, -0.15) is 0 Å². The van der Waals surface area contributed by atoms with Crippen molar-refractivity contribution in [2.75, 3.05) is 0 Å². The normalized spacial score (nSPS) is 18.2. The lowest BCUT2D eigenvalue weighted by atomic mass is 9.94. The van der Waals surface area contributed by atoms with Crippen LogP contribution in [0.2, 0.25) is 0 Å². The van der Waals surface area contributed by atoms with Gasteiger partial charge in [0, 0.05) is 5.41 Å². The van der Waals surface area contributed by atoms with Crippen molar-refractivity contribution < 1.29 is 14.7 Å². The third-order valence-electron chi connectivity index (χ3n) is 7.64. The SMILES string of the molecule is CC(=O)C1(CCCCCCc2cccc(CCCCCCC3(C(=O)O)CC3)c2)CC1. The van der Waals surface area contributed by atoms with E-state index in [2.05, 4.69) is 24.3 Å². The second-order valence-corrected chi connectivity index (χ2v) is 10.1. The van der Waals surface area contributed by atoms with Crippen LogP contribution in [0.15, 0.2) is 24.3 Å². The molecule has 0 aliphatic heterocycles. The van der Waals surface area contributed by atoms with Crippen LogP contribution in [0.5, 0.6) is 0 Å². The number of hydrogen-bond acceptors (Lipinski definition) is 2. The van der Waals surface area contributed by atoms with Crippen molar-refractivity contribution in [2.24, 2.45) is 10.8 Å². The molecule has 0 spiro atoms. The number of aryl methyl sites for hydroxylation is 2. The summed E-state index contributed by atoms with van der Waals surface area (Å²) in [5.74, 6) is -0.173. The largest absolute Gasteiger partial charge is 0.481 e. The number of carboxylic acid groups (broad SMARTS) is 1. The van der Waals surface area contributed by atoms with E-state index in [0.29, 0.717) is 5.78 Å². The summed E-state index contributed by atoms with van der Waals surface area (Å²) in [7, 11) is 0. The number of carbonyl (C=O) groups is 2. The fourth-order valence-electron chi connectivity index (χ4n) is 4.88. The standard InChI is InChI=1S/C27H40O3/c1-22(28)26(17-18-26)15-8-4-2-6-11-23-13-10-14-24(21-23)12-7-3-5-9-16-27(19-20-27)25(29)30/h10,13-14,21H,2-9,11-12,15-20H2,1H3,(H,29,30). The Morgan fingerprint density at radius 1 is 0.767 bits per heavy atom. The molecule has 0 saturated heterocycles. The number of aliphatic carboxylic acids is 1. The van der Waals surface area contributed by atoms with E-state index in [-0.39, 0.29) is 10.8 Å². The lowest BCUT2D eigenvalue weighted by Crippen LogP contribution is -2.14. The van der Waals surface area contributed by atoms with Gasteiger partial charge in [0.15, 0.2) is 0 Å². The third kappa shape index (κ3) is 6.68. The number of benzene rings is 1. The lowest BCUT2D eigenvalue weighted by molar-refractivity contribution is -0.143. The molecule has 30 heavy (non-hydrogen) atoms. The number of rotatable bonds is 16. The summed E-state index contributed by atoms with van der Waals surface area (Å²) in [6.07, 6.45) is 17.8. The first kappa shape index (κ1) is 23.0. The average Bonchev–Trinajstić information content (AvgIpc) is 3.63. The Bertz CT molecular complexity index is 655. The van der Waals surface area contributed by atoms with E-state index in [1.54, 1.807) is 6.92 Å². The van der Waals surface area contributed by atoms with Crippen molar-refractivity contribution in [3.63, 3.8) is 0 Å². The van der Waals surface area contributed by atoms with Crippen LogP contribution in [-0.2, 0) is 22.4 Å². The highest BCUT2D eigenvalue weighted by Crippen LogP contribution is 2.51. The molecule has 3 heteroatoms. The molecule has 1 N–H and O–H groups in total. The number of hydrogen-bond donors (Lipinski definition) is 1. The van der Waals surface area contributed by atoms with E-state index in [1.807, 2.05) is 0 Å². The van der Waals surface area contributed by atoms with Gasteiger partial charge in [-0.05, 0) is 82.3 Å². The Morgan fingerprint density at radius 3 is 1.67 bits per heavy atom. The summed E-state index contributed by atoms with van der Waals surface area (Å²) in [5.41, 5.74) is 2.63. The second kappa shape index (κ2) is 10.6. The van der Waals surface area contributed by atoms with Crippen molar-refractivity contribution in [2.45, 2.75) is 110 Å². The number of carbonyl (C=O) groups excluding carboxylic acids is 1. The Balaban J connectivity index is 1.23. The Labute approximate surface area is 182 Å². The van der Waals surface area contributed by atoms with Gasteiger partial charge in [-0.1, -0.05) is 62.8 Å². The van der Waals surface area contributed by atoms with Gasteiger partial charge in [0.25, 0.3) is 0 Å². The van der Waals surface area contributed by atoms with Crippen LogP contribution in [0.3, 0.4) is 0 Å². The van der Waals surface area contributed by atoms with Gasteiger partial charge in [-0.3, -0.25) is 9.59 Å². The van der Waals surface area contributed by atoms with Crippen molar-refractivity contribution >= 4 is 11.8 Å². The molecule has 3 rings (SSSR count). The molecule has 0 radical (unpaired) electrons. The molecule has 3 nitrogen and oxygen atoms in total. The zero-order valence-corrected chi connectivity index (χ0v) is 18.9. The number of ketones is 1. The summed E-state index contributed by atoms with van der Waals surface area (Å²) >= 11 is 0. The number of unbranched alkanes of at least 4 members (excludes halogenated alkanes) is 6. The molecule has 0 unspecified atom stereocenters. The fraction of sp³-hybridized carbons (Fsp3) is 0.704. The van der Waals surface area contributed by atoms with E-state index >= 15 is 0 Å². The van der Waals surface area contributed by atoms with Crippen LogP contribution >= 0.6 is 0 Å². The van der Waals surface area contributed by atoms with Gasteiger partial charge in [0.05, 0.1) is 5.41 Å². The molecular weight excluding hydrogens is 372 g/mol. The molecule has 1 aromatic rings. The van der Waals surface area contributed by atoms with Gasteiger partial charge in [0.2, 0.25) is 0 Å². The smallest absolute Gasteiger partial charge is 0.309 e. The van der Waals surface area contributed by atoms with Gasteiger partial charge >= 0.3 is 5.97 Å². The van der Waals surface area contributed by atoms with E-state index < -0.39 is 5.97 Å². The molecule has 1 aromatic carbocycles. The predicted molar refractivity (Wildman–Crippen MR) is 122 cm³/mol. The first-order valence-electron chi connectivity index (χ1n) is 12.3. The highest BCUT2D eigenvalue weighted by Gasteiger charge is 2.49. The minimum absolute atomic E-state index is 0.0872. The van der Waals surface area contributed by atoms with Crippen LogP contribution in [0, 0.1) is 10.8 Å². The molecule has 0 amide bonds. The Morgan fingerprint density at radius 2 is 1.23 bits per heavy atom. The Hall–Kier alpha value is -1.64. The highest BCUT2D eigenvalue weighted by molar-refractivity contribution is 5.84. The monoisotopic (exact) mass is 412 g/mol. The second-order valence-electron chi connectivity index (χ2n) is 10.1. The van der Waals surface area contributed by atoms with Crippen LogP contribution < -0.4 is 0 Å². The highest BCUT2D eigenvalue weighted by atomic mass is 16.4.